The zero-order valence-corrected chi connectivity index (χ0v) is 12.9. The van der Waals surface area contributed by atoms with Gasteiger partial charge in [0.25, 0.3) is 0 Å². The van der Waals surface area contributed by atoms with E-state index in [0.29, 0.717) is 6.04 Å². The minimum Gasteiger partial charge on any atom is -0.310 e. The molecule has 0 fully saturated rings. The molecular formula is C17H20FNS. The lowest BCUT2D eigenvalue weighted by molar-refractivity contribution is 0.588. The highest BCUT2D eigenvalue weighted by Crippen LogP contribution is 2.30. The average Bonchev–Trinajstić information content (AvgIpc) is 2.41. The summed E-state index contributed by atoms with van der Waals surface area (Å²) in [5.74, 6) is -0.193. The third-order valence-corrected chi connectivity index (χ3v) is 4.18. The van der Waals surface area contributed by atoms with Crippen molar-refractivity contribution in [2.24, 2.45) is 0 Å². The van der Waals surface area contributed by atoms with Crippen molar-refractivity contribution in [3.63, 3.8) is 0 Å². The van der Waals surface area contributed by atoms with E-state index in [1.165, 1.54) is 28.2 Å². The third kappa shape index (κ3) is 4.36. The van der Waals surface area contributed by atoms with Gasteiger partial charge in [0.15, 0.2) is 0 Å². The predicted octanol–water partition coefficient (Wildman–Crippen LogP) is 4.78. The Hall–Kier alpha value is -1.32. The first kappa shape index (κ1) is 15.1. The minimum absolute atomic E-state index is 0.193. The van der Waals surface area contributed by atoms with Crippen LogP contribution < -0.4 is 5.32 Å². The molecule has 0 spiro atoms. The number of hydrogen-bond acceptors (Lipinski definition) is 2. The maximum Gasteiger partial charge on any atom is 0.123 e. The Morgan fingerprint density at radius 1 is 1.10 bits per heavy atom. The fourth-order valence-corrected chi connectivity index (χ4v) is 2.77. The van der Waals surface area contributed by atoms with Gasteiger partial charge in [-0.15, -0.1) is 0 Å². The van der Waals surface area contributed by atoms with Crippen molar-refractivity contribution in [3.05, 3.63) is 59.4 Å². The van der Waals surface area contributed by atoms with E-state index >= 15 is 0 Å². The molecule has 0 aromatic heterocycles. The largest absolute Gasteiger partial charge is 0.310 e. The Kier molecular flexibility index (Phi) is 5.21. The summed E-state index contributed by atoms with van der Waals surface area (Å²) < 4.78 is 12.9. The molecule has 3 heteroatoms. The topological polar surface area (TPSA) is 12.0 Å². The monoisotopic (exact) mass is 289 g/mol. The number of hydrogen-bond donors (Lipinski definition) is 1. The Balaban J connectivity index is 2.07. The molecule has 0 aliphatic carbocycles. The second-order valence-electron chi connectivity index (χ2n) is 5.19. The fraction of sp³-hybridized carbons (Fsp3) is 0.294. The molecule has 0 heterocycles. The van der Waals surface area contributed by atoms with Crippen LogP contribution in [0.3, 0.4) is 0 Å². The minimum atomic E-state index is -0.193. The first-order valence-corrected chi connectivity index (χ1v) is 7.62. The van der Waals surface area contributed by atoms with Crippen LogP contribution in [-0.2, 0) is 6.54 Å². The van der Waals surface area contributed by atoms with Gasteiger partial charge in [-0.25, -0.2) is 4.39 Å². The van der Waals surface area contributed by atoms with E-state index in [-0.39, 0.29) is 5.82 Å². The van der Waals surface area contributed by atoms with Crippen LogP contribution >= 0.6 is 11.8 Å². The van der Waals surface area contributed by atoms with E-state index in [1.54, 1.807) is 11.8 Å². The number of benzene rings is 2. The van der Waals surface area contributed by atoms with E-state index in [2.05, 4.69) is 44.3 Å². The lowest BCUT2D eigenvalue weighted by Gasteiger charge is -2.11. The van der Waals surface area contributed by atoms with Gasteiger partial charge in [-0.05, 0) is 48.4 Å². The first-order chi connectivity index (χ1) is 9.54. The standard InChI is InChI=1S/C17H20FNS/c1-12(2)19-11-14-4-9-17(13(3)10-14)20-16-7-5-15(18)6-8-16/h4-10,12,19H,11H2,1-3H3. The van der Waals surface area contributed by atoms with Crippen LogP contribution in [-0.4, -0.2) is 6.04 Å². The molecule has 106 valence electrons. The van der Waals surface area contributed by atoms with Crippen molar-refractivity contribution in [1.29, 1.82) is 0 Å². The maximum atomic E-state index is 12.9. The summed E-state index contributed by atoms with van der Waals surface area (Å²) in [6.45, 7) is 7.29. The van der Waals surface area contributed by atoms with E-state index < -0.39 is 0 Å². The van der Waals surface area contributed by atoms with Gasteiger partial charge in [-0.3, -0.25) is 0 Å². The highest BCUT2D eigenvalue weighted by molar-refractivity contribution is 7.99. The summed E-state index contributed by atoms with van der Waals surface area (Å²) >= 11 is 1.67. The highest BCUT2D eigenvalue weighted by atomic mass is 32.2. The van der Waals surface area contributed by atoms with Gasteiger partial charge in [0.2, 0.25) is 0 Å². The summed E-state index contributed by atoms with van der Waals surface area (Å²) in [6.07, 6.45) is 0. The molecule has 0 saturated heterocycles. The van der Waals surface area contributed by atoms with Crippen molar-refractivity contribution in [1.82, 2.24) is 5.32 Å². The molecule has 1 nitrogen and oxygen atoms in total. The summed E-state index contributed by atoms with van der Waals surface area (Å²) in [6, 6.07) is 13.6. The van der Waals surface area contributed by atoms with Gasteiger partial charge in [0.05, 0.1) is 0 Å². The molecule has 2 rings (SSSR count). The van der Waals surface area contributed by atoms with Gasteiger partial charge < -0.3 is 5.32 Å². The summed E-state index contributed by atoms with van der Waals surface area (Å²) in [5.41, 5.74) is 2.54. The molecule has 2 aromatic rings. The van der Waals surface area contributed by atoms with Crippen LogP contribution in [0.25, 0.3) is 0 Å². The average molecular weight is 289 g/mol. The smallest absolute Gasteiger partial charge is 0.123 e. The highest BCUT2D eigenvalue weighted by Gasteiger charge is 2.03. The van der Waals surface area contributed by atoms with Crippen LogP contribution in [0, 0.1) is 12.7 Å². The number of rotatable bonds is 5. The van der Waals surface area contributed by atoms with Gasteiger partial charge in [0, 0.05) is 22.4 Å². The lowest BCUT2D eigenvalue weighted by atomic mass is 10.1. The quantitative estimate of drug-likeness (QED) is 0.850. The van der Waals surface area contributed by atoms with Crippen molar-refractivity contribution in [2.75, 3.05) is 0 Å². The molecule has 1 N–H and O–H groups in total. The molecule has 0 unspecified atom stereocenters. The van der Waals surface area contributed by atoms with Crippen molar-refractivity contribution in [2.45, 2.75) is 43.1 Å². The molecule has 0 amide bonds. The summed E-state index contributed by atoms with van der Waals surface area (Å²) in [5, 5.41) is 3.42. The first-order valence-electron chi connectivity index (χ1n) is 6.81. The van der Waals surface area contributed by atoms with E-state index in [0.717, 1.165) is 11.4 Å². The molecule has 0 saturated carbocycles. The van der Waals surface area contributed by atoms with Crippen LogP contribution in [0.5, 0.6) is 0 Å². The van der Waals surface area contributed by atoms with Crippen LogP contribution in [0.1, 0.15) is 25.0 Å². The van der Waals surface area contributed by atoms with Crippen molar-refractivity contribution >= 4 is 11.8 Å². The second-order valence-corrected chi connectivity index (χ2v) is 6.31. The molecule has 0 aliphatic rings. The Labute approximate surface area is 124 Å². The SMILES string of the molecule is Cc1cc(CNC(C)C)ccc1Sc1ccc(F)cc1. The number of nitrogens with one attached hydrogen (secondary N) is 1. The molecule has 0 atom stereocenters. The molecule has 2 aromatic carbocycles. The normalized spacial score (nSPS) is 11.1. The predicted molar refractivity (Wildman–Crippen MR) is 83.7 cm³/mol. The zero-order chi connectivity index (χ0) is 14.5. The lowest BCUT2D eigenvalue weighted by Crippen LogP contribution is -2.21. The van der Waals surface area contributed by atoms with Crippen LogP contribution in [0.4, 0.5) is 4.39 Å². The molecule has 0 radical (unpaired) electrons. The summed E-state index contributed by atoms with van der Waals surface area (Å²) in [7, 11) is 0. The molecule has 0 aliphatic heterocycles. The van der Waals surface area contributed by atoms with Gasteiger partial charge >= 0.3 is 0 Å². The third-order valence-electron chi connectivity index (χ3n) is 3.00. The maximum absolute atomic E-state index is 12.9. The zero-order valence-electron chi connectivity index (χ0n) is 12.1. The van der Waals surface area contributed by atoms with E-state index in [9.17, 15) is 4.39 Å². The van der Waals surface area contributed by atoms with Crippen molar-refractivity contribution < 1.29 is 4.39 Å². The molecule has 0 bridgehead atoms. The van der Waals surface area contributed by atoms with Crippen LogP contribution in [0.15, 0.2) is 52.3 Å². The molecule has 20 heavy (non-hydrogen) atoms. The second kappa shape index (κ2) is 6.91. The van der Waals surface area contributed by atoms with Gasteiger partial charge in [-0.2, -0.15) is 0 Å². The van der Waals surface area contributed by atoms with Crippen LogP contribution in [0.2, 0.25) is 0 Å². The van der Waals surface area contributed by atoms with E-state index in [1.807, 2.05) is 12.1 Å². The van der Waals surface area contributed by atoms with E-state index in [4.69, 9.17) is 0 Å². The van der Waals surface area contributed by atoms with Crippen molar-refractivity contribution in [3.8, 4) is 0 Å². The molecular weight excluding hydrogens is 269 g/mol. The van der Waals surface area contributed by atoms with Gasteiger partial charge in [0.1, 0.15) is 5.82 Å². The van der Waals surface area contributed by atoms with Gasteiger partial charge in [-0.1, -0.05) is 37.7 Å². The summed E-state index contributed by atoms with van der Waals surface area (Å²) in [4.78, 5) is 2.27. The Morgan fingerprint density at radius 3 is 2.40 bits per heavy atom. The Morgan fingerprint density at radius 2 is 1.80 bits per heavy atom. The number of aryl methyl sites for hydroxylation is 1. The Bertz CT molecular complexity index is 564. The number of halogens is 1. The fourth-order valence-electron chi connectivity index (χ4n) is 1.89.